The molecule has 3 aliphatic heterocycles. The van der Waals surface area contributed by atoms with Crippen LogP contribution in [0.4, 0.5) is 26.3 Å². The summed E-state index contributed by atoms with van der Waals surface area (Å²) in [5, 5.41) is 6.14. The summed E-state index contributed by atoms with van der Waals surface area (Å²) in [6.45, 7) is 0. The van der Waals surface area contributed by atoms with Crippen LogP contribution in [0.2, 0.25) is 0 Å². The van der Waals surface area contributed by atoms with Gasteiger partial charge in [0.2, 0.25) is 0 Å². The predicted octanol–water partition coefficient (Wildman–Crippen LogP) is 2.47. The van der Waals surface area contributed by atoms with Gasteiger partial charge in [0.25, 0.3) is 0 Å². The van der Waals surface area contributed by atoms with Crippen molar-refractivity contribution < 1.29 is 31.1 Å². The number of nitrogens with two attached hydrogens (primary N) is 1. The minimum Gasteiger partial charge on any atom is -0.340 e. The molecule has 4 bridgehead atoms. The third-order valence-corrected chi connectivity index (χ3v) is 7.07. The summed E-state index contributed by atoms with van der Waals surface area (Å²) >= 11 is 0. The van der Waals surface area contributed by atoms with Crippen LogP contribution in [0.1, 0.15) is 51.4 Å². The maximum Gasteiger partial charge on any atom is 0.395 e. The molecule has 0 radical (unpaired) electrons. The second-order valence-electron chi connectivity index (χ2n) is 9.38. The lowest BCUT2D eigenvalue weighted by Gasteiger charge is -2.45. The van der Waals surface area contributed by atoms with Gasteiger partial charge >= 0.3 is 12.4 Å². The molecule has 3 heterocycles. The highest BCUT2D eigenvalue weighted by molar-refractivity contribution is 5.01. The van der Waals surface area contributed by atoms with Gasteiger partial charge in [0, 0.05) is 12.1 Å². The van der Waals surface area contributed by atoms with Crippen LogP contribution in [-0.2, 0) is 4.74 Å². The van der Waals surface area contributed by atoms with Gasteiger partial charge in [-0.2, -0.15) is 26.3 Å². The van der Waals surface area contributed by atoms with Gasteiger partial charge in [0.05, 0.1) is 24.0 Å². The van der Waals surface area contributed by atoms with Crippen molar-refractivity contribution in [1.82, 2.24) is 21.5 Å². The van der Waals surface area contributed by atoms with E-state index in [1.807, 2.05) is 0 Å². The molecule has 0 spiro atoms. The van der Waals surface area contributed by atoms with Crippen molar-refractivity contribution in [3.8, 4) is 0 Å². The summed E-state index contributed by atoms with van der Waals surface area (Å²) in [6, 6.07) is -1.80. The summed E-state index contributed by atoms with van der Waals surface area (Å²) in [5.74, 6) is -3.07. The van der Waals surface area contributed by atoms with Gasteiger partial charge in [0.15, 0.2) is 0 Å². The Kier molecular flexibility index (Phi) is 6.78. The zero-order valence-corrected chi connectivity index (χ0v) is 17.1. The lowest BCUT2D eigenvalue weighted by Crippen LogP contribution is -2.70. The van der Waals surface area contributed by atoms with Crippen molar-refractivity contribution in [3.05, 3.63) is 0 Å². The second-order valence-corrected chi connectivity index (χ2v) is 9.38. The Morgan fingerprint density at radius 1 is 0.742 bits per heavy atom. The normalized spacial score (nSPS) is 43.5. The van der Waals surface area contributed by atoms with E-state index in [-0.39, 0.29) is 18.9 Å². The fraction of sp³-hybridized carbons (Fsp3) is 1.00. The molecule has 1 aliphatic carbocycles. The number of hydrogen-bond donors (Lipinski definition) is 5. The van der Waals surface area contributed by atoms with E-state index in [9.17, 15) is 26.3 Å². The molecule has 3 saturated heterocycles. The number of hydrazine groups is 1. The first-order valence-electron chi connectivity index (χ1n) is 11.1. The fourth-order valence-electron chi connectivity index (χ4n) is 5.16. The average molecular weight is 459 g/mol. The first kappa shape index (κ1) is 23.5. The van der Waals surface area contributed by atoms with Gasteiger partial charge in [-0.15, -0.1) is 0 Å². The van der Waals surface area contributed by atoms with E-state index < -0.39 is 54.9 Å². The largest absolute Gasteiger partial charge is 0.395 e. The SMILES string of the molecule is NC1CC(C(F)(F)F)C2NC(C3CC3)CCCCC[C@@H](C(F)(F)F)C3NNC(O3)C1N2. The minimum atomic E-state index is -4.45. The molecule has 7 unspecified atom stereocenters. The molecule has 0 amide bonds. The standard InChI is InChI=1S/C19H31F6N5O/c20-18(21,22)10-4-2-1-3-5-13(9-6-7-9)27-15-11(19(23,24)25)8-12(26)14(28-15)17-30-29-16(10)31-17/h9-17,27-30H,1-8,26H2/t10-,11?,12?,13?,14?,15?,16?,17?/m1/s1. The molecule has 6 N–H and O–H groups in total. The molecule has 6 nitrogen and oxygen atoms in total. The Labute approximate surface area is 177 Å². The van der Waals surface area contributed by atoms with Crippen molar-refractivity contribution in [2.75, 3.05) is 0 Å². The topological polar surface area (TPSA) is 83.4 Å². The number of piperidine rings is 1. The lowest BCUT2D eigenvalue weighted by atomic mass is 9.85. The minimum absolute atomic E-state index is 0.0694. The van der Waals surface area contributed by atoms with E-state index in [1.54, 1.807) is 0 Å². The number of alkyl halides is 6. The van der Waals surface area contributed by atoms with Crippen LogP contribution in [0.3, 0.4) is 0 Å². The Balaban J connectivity index is 1.57. The van der Waals surface area contributed by atoms with Crippen LogP contribution in [0.5, 0.6) is 0 Å². The number of halogens is 6. The summed E-state index contributed by atoms with van der Waals surface area (Å²) in [4.78, 5) is 0. The molecule has 1 saturated carbocycles. The quantitative estimate of drug-likeness (QED) is 0.388. The van der Waals surface area contributed by atoms with Gasteiger partial charge in [-0.1, -0.05) is 19.3 Å². The highest BCUT2D eigenvalue weighted by Crippen LogP contribution is 2.40. The number of rotatable bonds is 1. The molecule has 0 aromatic carbocycles. The second kappa shape index (κ2) is 8.94. The molecule has 12 heteroatoms. The van der Waals surface area contributed by atoms with Crippen molar-refractivity contribution in [2.45, 2.75) is 100 Å². The zero-order valence-electron chi connectivity index (χ0n) is 17.1. The molecule has 4 aliphatic rings. The highest BCUT2D eigenvalue weighted by atomic mass is 19.4. The summed E-state index contributed by atoms with van der Waals surface area (Å²) in [5.41, 5.74) is 11.3. The third kappa shape index (κ3) is 5.47. The maximum atomic E-state index is 13.8. The van der Waals surface area contributed by atoms with Crippen molar-refractivity contribution in [2.24, 2.45) is 23.5 Å². The van der Waals surface area contributed by atoms with Crippen molar-refractivity contribution in [3.63, 3.8) is 0 Å². The smallest absolute Gasteiger partial charge is 0.340 e. The molecule has 31 heavy (non-hydrogen) atoms. The molecule has 0 aromatic heterocycles. The van der Waals surface area contributed by atoms with Crippen molar-refractivity contribution >= 4 is 0 Å². The van der Waals surface area contributed by atoms with E-state index in [2.05, 4.69) is 21.5 Å². The Morgan fingerprint density at radius 3 is 2.03 bits per heavy atom. The number of nitrogens with one attached hydrogen (secondary N) is 4. The van der Waals surface area contributed by atoms with E-state index >= 15 is 0 Å². The van der Waals surface area contributed by atoms with E-state index in [4.69, 9.17) is 10.5 Å². The third-order valence-electron chi connectivity index (χ3n) is 7.07. The Morgan fingerprint density at radius 2 is 1.39 bits per heavy atom. The molecular formula is C19H31F6N5O. The fourth-order valence-corrected chi connectivity index (χ4v) is 5.16. The molecular weight excluding hydrogens is 428 g/mol. The van der Waals surface area contributed by atoms with Gasteiger partial charge in [-0.25, -0.2) is 10.9 Å². The van der Waals surface area contributed by atoms with Crippen LogP contribution in [0, 0.1) is 17.8 Å². The molecule has 8 atom stereocenters. The number of hydrogen-bond acceptors (Lipinski definition) is 6. The molecule has 0 aromatic rings. The van der Waals surface area contributed by atoms with E-state index in [0.29, 0.717) is 31.6 Å². The van der Waals surface area contributed by atoms with Crippen LogP contribution >= 0.6 is 0 Å². The molecule has 4 rings (SSSR count). The highest BCUT2D eigenvalue weighted by Gasteiger charge is 2.54. The van der Waals surface area contributed by atoms with Crippen LogP contribution in [0.25, 0.3) is 0 Å². The number of fused-ring (bicyclic) bond motifs is 5. The number of ether oxygens (including phenoxy) is 1. The predicted molar refractivity (Wildman–Crippen MR) is 100 cm³/mol. The first-order valence-corrected chi connectivity index (χ1v) is 11.1. The monoisotopic (exact) mass is 459 g/mol. The Bertz CT molecular complexity index is 616. The van der Waals surface area contributed by atoms with Crippen LogP contribution < -0.4 is 27.2 Å². The maximum absolute atomic E-state index is 13.8. The lowest BCUT2D eigenvalue weighted by molar-refractivity contribution is -0.215. The van der Waals surface area contributed by atoms with Crippen molar-refractivity contribution in [1.29, 1.82) is 0 Å². The van der Waals surface area contributed by atoms with E-state index in [0.717, 1.165) is 12.8 Å². The summed E-state index contributed by atoms with van der Waals surface area (Å²) < 4.78 is 87.9. The van der Waals surface area contributed by atoms with Crippen LogP contribution in [0.15, 0.2) is 0 Å². The summed E-state index contributed by atoms with van der Waals surface area (Å²) in [7, 11) is 0. The van der Waals surface area contributed by atoms with Gasteiger partial charge in [0.1, 0.15) is 12.5 Å². The van der Waals surface area contributed by atoms with Gasteiger partial charge < -0.3 is 10.5 Å². The Hall–Kier alpha value is -0.660. The first-order chi connectivity index (χ1) is 14.5. The van der Waals surface area contributed by atoms with Crippen LogP contribution in [-0.4, -0.2) is 49.1 Å². The van der Waals surface area contributed by atoms with Gasteiger partial charge in [-0.05, 0) is 38.0 Å². The van der Waals surface area contributed by atoms with Gasteiger partial charge in [-0.3, -0.25) is 10.6 Å². The average Bonchev–Trinajstić information content (AvgIpc) is 3.40. The van der Waals surface area contributed by atoms with E-state index in [1.165, 1.54) is 0 Å². The molecule has 4 fully saturated rings. The molecule has 180 valence electrons. The summed E-state index contributed by atoms with van der Waals surface area (Å²) in [6.07, 6.45) is -8.43. The zero-order chi connectivity index (χ0) is 22.4.